The second-order valence-electron chi connectivity index (χ2n) is 6.26. The Morgan fingerprint density at radius 2 is 2.00 bits per heavy atom. The van der Waals surface area contributed by atoms with Crippen molar-refractivity contribution < 1.29 is 9.90 Å². The van der Waals surface area contributed by atoms with Gasteiger partial charge in [0.2, 0.25) is 0 Å². The van der Waals surface area contributed by atoms with Crippen LogP contribution in [0.3, 0.4) is 0 Å². The fourth-order valence-electron chi connectivity index (χ4n) is 2.92. The number of benzene rings is 1. The molecule has 1 aliphatic rings. The molecular formula is C19H18N2O2S2. The minimum atomic E-state index is -0.970. The SMILES string of the molecule is O=C(NCC(O)(c1cccs1)C1CC1)c1csc(-c2ccccc2)n1. The second-order valence-corrected chi connectivity index (χ2v) is 8.07. The predicted molar refractivity (Wildman–Crippen MR) is 101 cm³/mol. The highest BCUT2D eigenvalue weighted by molar-refractivity contribution is 7.13. The highest BCUT2D eigenvalue weighted by atomic mass is 32.1. The lowest BCUT2D eigenvalue weighted by atomic mass is 9.95. The highest BCUT2D eigenvalue weighted by Gasteiger charge is 2.46. The summed E-state index contributed by atoms with van der Waals surface area (Å²) in [6.45, 7) is 0.217. The highest BCUT2D eigenvalue weighted by Crippen LogP contribution is 2.46. The van der Waals surface area contributed by atoms with Crippen molar-refractivity contribution in [3.8, 4) is 10.6 Å². The molecule has 2 aromatic heterocycles. The molecule has 0 saturated heterocycles. The standard InChI is InChI=1S/C19H18N2O2S2/c22-17(15-11-25-18(21-15)13-5-2-1-3-6-13)20-12-19(23,14-8-9-14)16-7-4-10-24-16/h1-7,10-11,14,23H,8-9,12H2,(H,20,22). The van der Waals surface area contributed by atoms with Crippen LogP contribution in [0.5, 0.6) is 0 Å². The van der Waals surface area contributed by atoms with Crippen LogP contribution in [-0.2, 0) is 5.60 Å². The Labute approximate surface area is 154 Å². The van der Waals surface area contributed by atoms with Gasteiger partial charge in [-0.05, 0) is 30.2 Å². The number of thiophene rings is 1. The topological polar surface area (TPSA) is 62.2 Å². The summed E-state index contributed by atoms with van der Waals surface area (Å²) >= 11 is 2.98. The number of rotatable bonds is 6. The van der Waals surface area contributed by atoms with Crippen LogP contribution >= 0.6 is 22.7 Å². The van der Waals surface area contributed by atoms with Crippen LogP contribution in [0.1, 0.15) is 28.2 Å². The van der Waals surface area contributed by atoms with E-state index >= 15 is 0 Å². The van der Waals surface area contributed by atoms with E-state index in [9.17, 15) is 9.90 Å². The Balaban J connectivity index is 1.46. The van der Waals surface area contributed by atoms with Crippen LogP contribution in [0.25, 0.3) is 10.6 Å². The van der Waals surface area contributed by atoms with E-state index in [-0.39, 0.29) is 18.4 Å². The van der Waals surface area contributed by atoms with E-state index < -0.39 is 5.60 Å². The summed E-state index contributed by atoms with van der Waals surface area (Å²) in [6, 6.07) is 13.7. The molecule has 0 radical (unpaired) electrons. The van der Waals surface area contributed by atoms with Crippen LogP contribution in [-0.4, -0.2) is 22.5 Å². The molecule has 3 aromatic rings. The van der Waals surface area contributed by atoms with Gasteiger partial charge in [-0.2, -0.15) is 0 Å². The summed E-state index contributed by atoms with van der Waals surface area (Å²) in [5.74, 6) is -0.0178. The molecule has 2 heterocycles. The first-order valence-electron chi connectivity index (χ1n) is 8.22. The fraction of sp³-hybridized carbons (Fsp3) is 0.263. The van der Waals surface area contributed by atoms with Gasteiger partial charge in [-0.1, -0.05) is 36.4 Å². The van der Waals surface area contributed by atoms with Crippen LogP contribution < -0.4 is 5.32 Å². The Kier molecular flexibility index (Phi) is 4.41. The third kappa shape index (κ3) is 3.38. The molecule has 1 saturated carbocycles. The quantitative estimate of drug-likeness (QED) is 0.692. The van der Waals surface area contributed by atoms with Crippen LogP contribution in [0.2, 0.25) is 0 Å². The maximum Gasteiger partial charge on any atom is 0.270 e. The van der Waals surface area contributed by atoms with E-state index in [1.807, 2.05) is 47.8 Å². The summed E-state index contributed by atoms with van der Waals surface area (Å²) in [4.78, 5) is 17.8. The summed E-state index contributed by atoms with van der Waals surface area (Å²) in [7, 11) is 0. The van der Waals surface area contributed by atoms with Gasteiger partial charge in [-0.15, -0.1) is 22.7 Å². The second kappa shape index (κ2) is 6.71. The summed E-state index contributed by atoms with van der Waals surface area (Å²) < 4.78 is 0. The molecule has 1 atom stereocenters. The van der Waals surface area contributed by atoms with Gasteiger partial charge in [0.1, 0.15) is 16.3 Å². The van der Waals surface area contributed by atoms with Gasteiger partial charge in [-0.25, -0.2) is 4.98 Å². The molecule has 1 fully saturated rings. The van der Waals surface area contributed by atoms with Crippen molar-refractivity contribution in [2.75, 3.05) is 6.54 Å². The molecule has 1 unspecified atom stereocenters. The van der Waals surface area contributed by atoms with Crippen molar-refractivity contribution in [1.82, 2.24) is 10.3 Å². The van der Waals surface area contributed by atoms with Gasteiger partial charge in [0, 0.05) is 15.8 Å². The number of nitrogens with zero attached hydrogens (tertiary/aromatic N) is 1. The van der Waals surface area contributed by atoms with Crippen molar-refractivity contribution in [3.63, 3.8) is 0 Å². The molecular weight excluding hydrogens is 352 g/mol. The van der Waals surface area contributed by atoms with Crippen LogP contribution in [0.15, 0.2) is 53.2 Å². The molecule has 1 aliphatic carbocycles. The van der Waals surface area contributed by atoms with Gasteiger partial charge in [-0.3, -0.25) is 4.79 Å². The zero-order valence-electron chi connectivity index (χ0n) is 13.5. The predicted octanol–water partition coefficient (Wildman–Crippen LogP) is 3.90. The van der Waals surface area contributed by atoms with Crippen molar-refractivity contribution >= 4 is 28.6 Å². The average Bonchev–Trinajstić information content (AvgIpc) is 3.15. The van der Waals surface area contributed by atoms with Gasteiger partial charge in [0.25, 0.3) is 5.91 Å². The van der Waals surface area contributed by atoms with Gasteiger partial charge >= 0.3 is 0 Å². The van der Waals surface area contributed by atoms with E-state index in [2.05, 4.69) is 10.3 Å². The summed E-state index contributed by atoms with van der Waals surface area (Å²) in [5.41, 5.74) is 0.426. The first-order valence-corrected chi connectivity index (χ1v) is 9.98. The molecule has 1 amide bonds. The Morgan fingerprint density at radius 1 is 1.20 bits per heavy atom. The van der Waals surface area contributed by atoms with Crippen LogP contribution in [0.4, 0.5) is 0 Å². The number of aromatic nitrogens is 1. The van der Waals surface area contributed by atoms with Crippen molar-refractivity contribution in [3.05, 3.63) is 63.8 Å². The molecule has 4 rings (SSSR count). The lowest BCUT2D eigenvalue weighted by Gasteiger charge is -2.27. The lowest BCUT2D eigenvalue weighted by Crippen LogP contribution is -2.42. The molecule has 0 spiro atoms. The minimum absolute atomic E-state index is 0.217. The molecule has 6 heteroatoms. The third-order valence-corrected chi connectivity index (χ3v) is 6.40. The molecule has 25 heavy (non-hydrogen) atoms. The van der Waals surface area contributed by atoms with E-state index in [4.69, 9.17) is 0 Å². The molecule has 128 valence electrons. The largest absolute Gasteiger partial charge is 0.382 e. The number of amides is 1. The minimum Gasteiger partial charge on any atom is -0.382 e. The third-order valence-electron chi connectivity index (χ3n) is 4.48. The molecule has 0 aliphatic heterocycles. The Bertz CT molecular complexity index is 857. The Morgan fingerprint density at radius 3 is 2.68 bits per heavy atom. The Hall–Kier alpha value is -2.02. The van der Waals surface area contributed by atoms with Gasteiger partial charge in [0.05, 0.1) is 6.54 Å². The number of hydrogen-bond donors (Lipinski definition) is 2. The van der Waals surface area contributed by atoms with E-state index in [0.717, 1.165) is 28.3 Å². The number of aliphatic hydroxyl groups is 1. The number of carbonyl (C=O) groups excluding carboxylic acids is 1. The summed E-state index contributed by atoms with van der Waals surface area (Å²) in [6.07, 6.45) is 2.00. The molecule has 1 aromatic carbocycles. The van der Waals surface area contributed by atoms with Gasteiger partial charge < -0.3 is 10.4 Å². The van der Waals surface area contributed by atoms with Crippen molar-refractivity contribution in [2.45, 2.75) is 18.4 Å². The van der Waals surface area contributed by atoms with E-state index in [1.54, 1.807) is 5.38 Å². The maximum absolute atomic E-state index is 12.5. The number of hydrogen-bond acceptors (Lipinski definition) is 5. The number of nitrogens with one attached hydrogen (secondary N) is 1. The summed E-state index contributed by atoms with van der Waals surface area (Å²) in [5, 5.41) is 18.5. The van der Waals surface area contributed by atoms with E-state index in [1.165, 1.54) is 22.7 Å². The first-order chi connectivity index (χ1) is 12.2. The smallest absolute Gasteiger partial charge is 0.270 e. The zero-order valence-corrected chi connectivity index (χ0v) is 15.1. The number of carbonyl (C=O) groups is 1. The maximum atomic E-state index is 12.5. The van der Waals surface area contributed by atoms with Crippen molar-refractivity contribution in [2.24, 2.45) is 5.92 Å². The normalized spacial score (nSPS) is 16.4. The van der Waals surface area contributed by atoms with Gasteiger partial charge in [0.15, 0.2) is 0 Å². The average molecular weight is 370 g/mol. The molecule has 4 nitrogen and oxygen atoms in total. The monoisotopic (exact) mass is 370 g/mol. The molecule has 2 N–H and O–H groups in total. The van der Waals surface area contributed by atoms with Crippen molar-refractivity contribution in [1.29, 1.82) is 0 Å². The zero-order chi connectivity index (χ0) is 17.3. The lowest BCUT2D eigenvalue weighted by molar-refractivity contribution is 0.0169. The van der Waals surface area contributed by atoms with E-state index in [0.29, 0.717) is 5.69 Å². The van der Waals surface area contributed by atoms with Crippen LogP contribution in [0, 0.1) is 5.92 Å². The molecule has 0 bridgehead atoms. The number of thiazole rings is 1. The first kappa shape index (κ1) is 16.4. The fourth-order valence-corrected chi connectivity index (χ4v) is 4.63.